The van der Waals surface area contributed by atoms with E-state index in [2.05, 4.69) is 31.7 Å². The van der Waals surface area contributed by atoms with Gasteiger partial charge in [0.2, 0.25) is 5.75 Å². The summed E-state index contributed by atoms with van der Waals surface area (Å²) >= 11 is 3.50. The standard InChI is InChI=1S/C21H23BrN4O4/c1-26-19(16(22)12-24-26)14-6-5-7-15(10-14)25-21(27)23-11-13-8-17(28-2)20(30-4)18(9-13)29-3/h5-10,12H,11H2,1-4H3,(H2,23,25,27). The predicted molar refractivity (Wildman–Crippen MR) is 118 cm³/mol. The molecular formula is C21H23BrN4O4. The van der Waals surface area contributed by atoms with E-state index >= 15 is 0 Å². The number of hydrogen-bond donors (Lipinski definition) is 2. The highest BCUT2D eigenvalue weighted by molar-refractivity contribution is 9.10. The van der Waals surface area contributed by atoms with Crippen LogP contribution in [0.5, 0.6) is 17.2 Å². The molecule has 2 N–H and O–H groups in total. The van der Waals surface area contributed by atoms with Crippen molar-refractivity contribution in [3.63, 3.8) is 0 Å². The van der Waals surface area contributed by atoms with Crippen LogP contribution in [0.3, 0.4) is 0 Å². The van der Waals surface area contributed by atoms with Gasteiger partial charge in [0.15, 0.2) is 11.5 Å². The molecule has 30 heavy (non-hydrogen) atoms. The number of methoxy groups -OCH3 is 3. The minimum atomic E-state index is -0.329. The Hall–Kier alpha value is -3.20. The molecule has 2 aromatic carbocycles. The monoisotopic (exact) mass is 474 g/mol. The van der Waals surface area contributed by atoms with Crippen LogP contribution in [0.2, 0.25) is 0 Å². The summed E-state index contributed by atoms with van der Waals surface area (Å²) in [6.07, 6.45) is 1.74. The largest absolute Gasteiger partial charge is 0.493 e. The van der Waals surface area contributed by atoms with Crippen molar-refractivity contribution in [2.45, 2.75) is 6.54 Å². The summed E-state index contributed by atoms with van der Waals surface area (Å²) in [6.45, 7) is 0.287. The first-order valence-corrected chi connectivity index (χ1v) is 9.87. The van der Waals surface area contributed by atoms with E-state index in [1.165, 1.54) is 0 Å². The van der Waals surface area contributed by atoms with Crippen LogP contribution in [0.25, 0.3) is 11.3 Å². The third kappa shape index (κ3) is 4.68. The Kier molecular flexibility index (Phi) is 6.83. The maximum Gasteiger partial charge on any atom is 0.319 e. The van der Waals surface area contributed by atoms with Crippen molar-refractivity contribution in [2.24, 2.45) is 7.05 Å². The zero-order valence-electron chi connectivity index (χ0n) is 17.2. The third-order valence-corrected chi connectivity index (χ3v) is 5.05. The van der Waals surface area contributed by atoms with Gasteiger partial charge >= 0.3 is 6.03 Å². The second-order valence-corrected chi connectivity index (χ2v) is 7.24. The highest BCUT2D eigenvalue weighted by Crippen LogP contribution is 2.38. The van der Waals surface area contributed by atoms with Crippen LogP contribution < -0.4 is 24.8 Å². The lowest BCUT2D eigenvalue weighted by atomic mass is 10.1. The zero-order valence-corrected chi connectivity index (χ0v) is 18.7. The predicted octanol–water partition coefficient (Wildman–Crippen LogP) is 4.20. The number of nitrogens with zero attached hydrogens (tertiary/aromatic N) is 2. The van der Waals surface area contributed by atoms with Crippen molar-refractivity contribution in [1.82, 2.24) is 15.1 Å². The molecule has 3 aromatic rings. The molecule has 158 valence electrons. The number of amides is 2. The fourth-order valence-corrected chi connectivity index (χ4v) is 3.65. The normalized spacial score (nSPS) is 10.4. The number of urea groups is 1. The zero-order chi connectivity index (χ0) is 21.7. The topological polar surface area (TPSA) is 86.6 Å². The van der Waals surface area contributed by atoms with Crippen LogP contribution in [0.15, 0.2) is 47.1 Å². The smallest absolute Gasteiger partial charge is 0.319 e. The maximum atomic E-state index is 12.4. The molecule has 1 heterocycles. The minimum absolute atomic E-state index is 0.287. The van der Waals surface area contributed by atoms with Crippen molar-refractivity contribution >= 4 is 27.6 Å². The van der Waals surface area contributed by atoms with Gasteiger partial charge in [-0.3, -0.25) is 4.68 Å². The highest BCUT2D eigenvalue weighted by atomic mass is 79.9. The van der Waals surface area contributed by atoms with Crippen molar-refractivity contribution in [1.29, 1.82) is 0 Å². The molecule has 1 aromatic heterocycles. The summed E-state index contributed by atoms with van der Waals surface area (Å²) in [4.78, 5) is 12.4. The molecular weight excluding hydrogens is 452 g/mol. The van der Waals surface area contributed by atoms with E-state index in [-0.39, 0.29) is 12.6 Å². The number of rotatable bonds is 7. The number of aryl methyl sites for hydroxylation is 1. The Morgan fingerprint density at radius 2 is 1.80 bits per heavy atom. The van der Waals surface area contributed by atoms with E-state index in [1.54, 1.807) is 44.3 Å². The van der Waals surface area contributed by atoms with Gasteiger partial charge in [0.05, 0.1) is 37.7 Å². The van der Waals surface area contributed by atoms with Crippen molar-refractivity contribution in [3.8, 4) is 28.5 Å². The van der Waals surface area contributed by atoms with E-state index in [9.17, 15) is 4.79 Å². The van der Waals surface area contributed by atoms with E-state index < -0.39 is 0 Å². The first-order chi connectivity index (χ1) is 14.5. The van der Waals surface area contributed by atoms with Gasteiger partial charge in [-0.1, -0.05) is 12.1 Å². The van der Waals surface area contributed by atoms with E-state index in [4.69, 9.17) is 14.2 Å². The van der Waals surface area contributed by atoms with Crippen molar-refractivity contribution < 1.29 is 19.0 Å². The average molecular weight is 475 g/mol. The third-order valence-electron chi connectivity index (χ3n) is 4.47. The van der Waals surface area contributed by atoms with Crippen LogP contribution in [-0.2, 0) is 13.6 Å². The summed E-state index contributed by atoms with van der Waals surface area (Å²) in [5.41, 5.74) is 3.34. The quantitative estimate of drug-likeness (QED) is 0.535. The summed E-state index contributed by atoms with van der Waals surface area (Å²) in [5.74, 6) is 1.57. The van der Waals surface area contributed by atoms with Crippen molar-refractivity contribution in [2.75, 3.05) is 26.6 Å². The molecule has 0 radical (unpaired) electrons. The van der Waals surface area contributed by atoms with E-state index in [0.717, 1.165) is 21.3 Å². The molecule has 0 saturated carbocycles. The van der Waals surface area contributed by atoms with Gasteiger partial charge in [-0.25, -0.2) is 4.79 Å². The molecule has 0 fully saturated rings. The average Bonchev–Trinajstić information content (AvgIpc) is 3.09. The second-order valence-electron chi connectivity index (χ2n) is 6.39. The molecule has 3 rings (SSSR count). The Balaban J connectivity index is 1.69. The summed E-state index contributed by atoms with van der Waals surface area (Å²) in [5, 5.41) is 9.91. The van der Waals surface area contributed by atoms with Gasteiger partial charge in [0, 0.05) is 24.8 Å². The number of ether oxygens (including phenoxy) is 3. The fourth-order valence-electron chi connectivity index (χ4n) is 3.07. The first-order valence-electron chi connectivity index (χ1n) is 9.08. The van der Waals surface area contributed by atoms with E-state index in [1.807, 2.05) is 31.3 Å². The van der Waals surface area contributed by atoms with Gasteiger partial charge < -0.3 is 24.8 Å². The van der Waals surface area contributed by atoms with Crippen LogP contribution in [0.4, 0.5) is 10.5 Å². The molecule has 0 bridgehead atoms. The SMILES string of the molecule is COc1cc(CNC(=O)Nc2cccc(-c3c(Br)cnn3C)c2)cc(OC)c1OC. The maximum absolute atomic E-state index is 12.4. The lowest BCUT2D eigenvalue weighted by molar-refractivity contribution is 0.251. The Morgan fingerprint density at radius 1 is 1.10 bits per heavy atom. The van der Waals surface area contributed by atoms with Gasteiger partial charge in [0.25, 0.3) is 0 Å². The number of halogens is 1. The minimum Gasteiger partial charge on any atom is -0.493 e. The summed E-state index contributed by atoms with van der Waals surface area (Å²) < 4.78 is 18.7. The summed E-state index contributed by atoms with van der Waals surface area (Å²) in [7, 11) is 6.51. The number of anilines is 1. The van der Waals surface area contributed by atoms with Crippen molar-refractivity contribution in [3.05, 3.63) is 52.6 Å². The van der Waals surface area contributed by atoms with Crippen LogP contribution in [0, 0.1) is 0 Å². The van der Waals surface area contributed by atoms with Gasteiger partial charge in [-0.15, -0.1) is 0 Å². The Labute approximate surface area is 183 Å². The molecule has 0 spiro atoms. The second kappa shape index (κ2) is 9.53. The van der Waals surface area contributed by atoms with Crippen LogP contribution in [0.1, 0.15) is 5.56 Å². The van der Waals surface area contributed by atoms with Gasteiger partial charge in [0.1, 0.15) is 0 Å². The number of aromatic nitrogens is 2. The van der Waals surface area contributed by atoms with Crippen LogP contribution >= 0.6 is 15.9 Å². The molecule has 0 saturated heterocycles. The number of carbonyl (C=O) groups is 1. The molecule has 0 aliphatic rings. The fraction of sp³-hybridized carbons (Fsp3) is 0.238. The molecule has 8 nitrogen and oxygen atoms in total. The Bertz CT molecular complexity index is 1010. The van der Waals surface area contributed by atoms with Gasteiger partial charge in [-0.05, 0) is 45.8 Å². The molecule has 0 unspecified atom stereocenters. The first kappa shape index (κ1) is 21.5. The summed E-state index contributed by atoms with van der Waals surface area (Å²) in [6, 6.07) is 10.8. The number of benzene rings is 2. The molecule has 9 heteroatoms. The molecule has 2 amide bonds. The van der Waals surface area contributed by atoms with Crippen LogP contribution in [-0.4, -0.2) is 37.1 Å². The molecule has 0 aliphatic carbocycles. The van der Waals surface area contributed by atoms with Gasteiger partial charge in [-0.2, -0.15) is 5.10 Å². The molecule has 0 atom stereocenters. The Morgan fingerprint density at radius 3 is 2.37 bits per heavy atom. The number of nitrogens with one attached hydrogen (secondary N) is 2. The lowest BCUT2D eigenvalue weighted by Crippen LogP contribution is -2.28. The number of carbonyl (C=O) groups excluding carboxylic acids is 1. The molecule has 0 aliphatic heterocycles. The lowest BCUT2D eigenvalue weighted by Gasteiger charge is -2.15. The highest BCUT2D eigenvalue weighted by Gasteiger charge is 2.14. The van der Waals surface area contributed by atoms with E-state index in [0.29, 0.717) is 22.9 Å². The number of hydrogen-bond acceptors (Lipinski definition) is 5.